The van der Waals surface area contributed by atoms with E-state index >= 15 is 0 Å². The second-order valence-electron chi connectivity index (χ2n) is 5.81. The van der Waals surface area contributed by atoms with E-state index in [0.717, 1.165) is 18.5 Å². The van der Waals surface area contributed by atoms with E-state index in [0.29, 0.717) is 0 Å². The molecule has 1 heteroatoms. The maximum Gasteiger partial charge on any atom is 0.00953 e. The van der Waals surface area contributed by atoms with E-state index in [2.05, 4.69) is 44.3 Å². The molecule has 0 bridgehead atoms. The molecule has 0 spiro atoms. The van der Waals surface area contributed by atoms with Crippen LogP contribution in [0.15, 0.2) is 18.2 Å². The molecule has 0 heterocycles. The van der Waals surface area contributed by atoms with E-state index in [4.69, 9.17) is 0 Å². The van der Waals surface area contributed by atoms with Crippen molar-refractivity contribution in [2.45, 2.75) is 58.9 Å². The van der Waals surface area contributed by atoms with Gasteiger partial charge in [0.2, 0.25) is 0 Å². The van der Waals surface area contributed by atoms with Crippen LogP contribution in [-0.4, -0.2) is 12.6 Å². The molecule has 0 radical (unpaired) electrons. The number of rotatable bonds is 7. The molecule has 1 aromatic rings. The van der Waals surface area contributed by atoms with Gasteiger partial charge in [0.1, 0.15) is 0 Å². The van der Waals surface area contributed by atoms with Crippen LogP contribution in [0.25, 0.3) is 0 Å². The van der Waals surface area contributed by atoms with Gasteiger partial charge in [0, 0.05) is 6.04 Å². The third kappa shape index (κ3) is 3.84. The highest BCUT2D eigenvalue weighted by Gasteiger charge is 2.29. The summed E-state index contributed by atoms with van der Waals surface area (Å²) in [7, 11) is 0. The van der Waals surface area contributed by atoms with Gasteiger partial charge in [-0.2, -0.15) is 0 Å². The molecule has 0 aliphatic heterocycles. The van der Waals surface area contributed by atoms with Gasteiger partial charge in [-0.1, -0.05) is 25.1 Å². The molecule has 1 fully saturated rings. The van der Waals surface area contributed by atoms with Crippen molar-refractivity contribution in [3.8, 4) is 0 Å². The molecule has 0 saturated heterocycles. The molecule has 1 atom stereocenters. The van der Waals surface area contributed by atoms with Crippen molar-refractivity contribution in [3.63, 3.8) is 0 Å². The first-order valence-corrected chi connectivity index (χ1v) is 7.50. The lowest BCUT2D eigenvalue weighted by Gasteiger charge is -2.17. The van der Waals surface area contributed by atoms with Crippen LogP contribution in [0, 0.1) is 19.8 Å². The minimum absolute atomic E-state index is 0.779. The lowest BCUT2D eigenvalue weighted by atomic mass is 9.99. The standard InChI is InChI=1S/C17H27N/c1-4-18-17(16-10-11-16)7-5-6-15-9-8-13(2)14(3)12-15/h8-9,12,16-18H,4-7,10-11H2,1-3H3. The Morgan fingerprint density at radius 3 is 2.61 bits per heavy atom. The van der Waals surface area contributed by atoms with Crippen molar-refractivity contribution < 1.29 is 0 Å². The van der Waals surface area contributed by atoms with Crippen LogP contribution in [0.4, 0.5) is 0 Å². The first-order valence-electron chi connectivity index (χ1n) is 7.50. The Morgan fingerprint density at radius 1 is 1.22 bits per heavy atom. The maximum absolute atomic E-state index is 3.65. The summed E-state index contributed by atoms with van der Waals surface area (Å²) in [6, 6.07) is 7.69. The monoisotopic (exact) mass is 245 g/mol. The summed E-state index contributed by atoms with van der Waals surface area (Å²) in [5, 5.41) is 3.65. The number of hydrogen-bond acceptors (Lipinski definition) is 1. The lowest BCUT2D eigenvalue weighted by Crippen LogP contribution is -2.30. The van der Waals surface area contributed by atoms with E-state index in [1.54, 1.807) is 0 Å². The van der Waals surface area contributed by atoms with Gasteiger partial charge < -0.3 is 5.32 Å². The predicted molar refractivity (Wildman–Crippen MR) is 79.0 cm³/mol. The smallest absolute Gasteiger partial charge is 0.00953 e. The number of hydrogen-bond donors (Lipinski definition) is 1. The quantitative estimate of drug-likeness (QED) is 0.765. The zero-order valence-electron chi connectivity index (χ0n) is 12.1. The third-order valence-corrected chi connectivity index (χ3v) is 4.21. The molecule has 0 aromatic heterocycles. The SMILES string of the molecule is CCNC(CCCc1ccc(C)c(C)c1)C1CC1. The molecule has 100 valence electrons. The summed E-state index contributed by atoms with van der Waals surface area (Å²) in [5.41, 5.74) is 4.34. The normalized spacial score (nSPS) is 16.8. The van der Waals surface area contributed by atoms with E-state index in [9.17, 15) is 0 Å². The lowest BCUT2D eigenvalue weighted by molar-refractivity contribution is 0.434. The van der Waals surface area contributed by atoms with Gasteiger partial charge in [0.05, 0.1) is 0 Å². The van der Waals surface area contributed by atoms with E-state index in [1.165, 1.54) is 48.8 Å². The highest BCUT2D eigenvalue weighted by molar-refractivity contribution is 5.29. The third-order valence-electron chi connectivity index (χ3n) is 4.21. The summed E-state index contributed by atoms with van der Waals surface area (Å²) < 4.78 is 0. The van der Waals surface area contributed by atoms with Gasteiger partial charge in [-0.15, -0.1) is 0 Å². The van der Waals surface area contributed by atoms with Crippen LogP contribution in [0.5, 0.6) is 0 Å². The molecule has 1 aliphatic carbocycles. The summed E-state index contributed by atoms with van der Waals surface area (Å²) in [6.07, 6.45) is 6.78. The molecular weight excluding hydrogens is 218 g/mol. The fourth-order valence-electron chi connectivity index (χ4n) is 2.75. The largest absolute Gasteiger partial charge is 0.314 e. The van der Waals surface area contributed by atoms with Gasteiger partial charge in [0.25, 0.3) is 0 Å². The highest BCUT2D eigenvalue weighted by Crippen LogP contribution is 2.34. The Balaban J connectivity index is 1.78. The van der Waals surface area contributed by atoms with Crippen molar-refractivity contribution in [2.24, 2.45) is 5.92 Å². The van der Waals surface area contributed by atoms with Crippen LogP contribution in [0.2, 0.25) is 0 Å². The van der Waals surface area contributed by atoms with Gasteiger partial charge in [-0.25, -0.2) is 0 Å². The fraction of sp³-hybridized carbons (Fsp3) is 0.647. The Kier molecular flexibility index (Phi) is 4.82. The molecule has 1 nitrogen and oxygen atoms in total. The van der Waals surface area contributed by atoms with Crippen LogP contribution in [0.1, 0.15) is 49.3 Å². The molecule has 0 amide bonds. The number of nitrogens with one attached hydrogen (secondary N) is 1. The highest BCUT2D eigenvalue weighted by atomic mass is 14.9. The zero-order chi connectivity index (χ0) is 13.0. The molecule has 1 saturated carbocycles. The fourth-order valence-corrected chi connectivity index (χ4v) is 2.75. The van der Waals surface area contributed by atoms with Crippen molar-refractivity contribution in [1.29, 1.82) is 0 Å². The zero-order valence-corrected chi connectivity index (χ0v) is 12.1. The van der Waals surface area contributed by atoms with Crippen LogP contribution < -0.4 is 5.32 Å². The molecule has 18 heavy (non-hydrogen) atoms. The first kappa shape index (κ1) is 13.6. The van der Waals surface area contributed by atoms with E-state index in [1.807, 2.05) is 0 Å². The molecular formula is C17H27N. The predicted octanol–water partition coefficient (Wildman–Crippen LogP) is 4.01. The van der Waals surface area contributed by atoms with Crippen molar-refractivity contribution in [3.05, 3.63) is 34.9 Å². The number of aryl methyl sites for hydroxylation is 3. The Bertz CT molecular complexity index is 379. The van der Waals surface area contributed by atoms with E-state index in [-0.39, 0.29) is 0 Å². The average Bonchev–Trinajstić information content (AvgIpc) is 3.17. The molecule has 1 unspecified atom stereocenters. The van der Waals surface area contributed by atoms with Crippen molar-refractivity contribution in [1.82, 2.24) is 5.32 Å². The summed E-state index contributed by atoms with van der Waals surface area (Å²) >= 11 is 0. The molecule has 1 N–H and O–H groups in total. The van der Waals surface area contributed by atoms with Crippen LogP contribution in [-0.2, 0) is 6.42 Å². The maximum atomic E-state index is 3.65. The number of benzene rings is 1. The minimum Gasteiger partial charge on any atom is -0.314 e. The first-order chi connectivity index (χ1) is 8.70. The van der Waals surface area contributed by atoms with Crippen molar-refractivity contribution in [2.75, 3.05) is 6.54 Å². The minimum atomic E-state index is 0.779. The van der Waals surface area contributed by atoms with Gasteiger partial charge in [-0.05, 0) is 75.1 Å². The molecule has 1 aromatic carbocycles. The Labute approximate surface area is 112 Å². The summed E-state index contributed by atoms with van der Waals surface area (Å²) in [6.45, 7) is 7.74. The summed E-state index contributed by atoms with van der Waals surface area (Å²) in [4.78, 5) is 0. The van der Waals surface area contributed by atoms with Gasteiger partial charge in [-0.3, -0.25) is 0 Å². The van der Waals surface area contributed by atoms with Crippen LogP contribution in [0.3, 0.4) is 0 Å². The van der Waals surface area contributed by atoms with Gasteiger partial charge in [0.15, 0.2) is 0 Å². The van der Waals surface area contributed by atoms with Crippen molar-refractivity contribution >= 4 is 0 Å². The van der Waals surface area contributed by atoms with E-state index < -0.39 is 0 Å². The second-order valence-corrected chi connectivity index (χ2v) is 5.81. The average molecular weight is 245 g/mol. The Hall–Kier alpha value is -0.820. The molecule has 1 aliphatic rings. The van der Waals surface area contributed by atoms with Gasteiger partial charge >= 0.3 is 0 Å². The molecule has 2 rings (SSSR count). The Morgan fingerprint density at radius 2 is 2.00 bits per heavy atom. The topological polar surface area (TPSA) is 12.0 Å². The summed E-state index contributed by atoms with van der Waals surface area (Å²) in [5.74, 6) is 0.977. The second kappa shape index (κ2) is 6.38. The van der Waals surface area contributed by atoms with Crippen LogP contribution >= 0.6 is 0 Å².